The summed E-state index contributed by atoms with van der Waals surface area (Å²) in [6.45, 7) is 25.9. The lowest BCUT2D eigenvalue weighted by molar-refractivity contribution is -0.0689. The molecular weight excluding hydrogens is 322 g/mol. The minimum absolute atomic E-state index is 0.0555. The predicted molar refractivity (Wildman–Crippen MR) is 110 cm³/mol. The van der Waals surface area contributed by atoms with Crippen LogP contribution in [0.5, 0.6) is 0 Å². The molecule has 0 bridgehead atoms. The average molecular weight is 362 g/mol. The summed E-state index contributed by atoms with van der Waals surface area (Å²) in [6, 6.07) is 0.830. The number of fused-ring (bicyclic) bond motifs is 1. The third-order valence-electron chi connectivity index (χ3n) is 5.82. The van der Waals surface area contributed by atoms with Crippen LogP contribution in [0.15, 0.2) is 16.3 Å². The monoisotopic (exact) mass is 361 g/mol. The maximum Gasteiger partial charge on any atom is 0.109 e. The van der Waals surface area contributed by atoms with Gasteiger partial charge in [-0.2, -0.15) is 0 Å². The molecule has 0 amide bonds. The van der Waals surface area contributed by atoms with Gasteiger partial charge in [-0.25, -0.2) is 0 Å². The summed E-state index contributed by atoms with van der Waals surface area (Å²) in [4.78, 5) is 10.6. The molecule has 4 heteroatoms. The molecule has 0 aromatic carbocycles. The van der Waals surface area contributed by atoms with Crippen LogP contribution in [0.25, 0.3) is 0 Å². The van der Waals surface area contributed by atoms with Gasteiger partial charge in [-0.15, -0.1) is 0 Å². The predicted octanol–water partition coefficient (Wildman–Crippen LogP) is 4.18. The van der Waals surface area contributed by atoms with Crippen molar-refractivity contribution in [1.29, 1.82) is 0 Å². The third-order valence-corrected chi connectivity index (χ3v) is 5.82. The number of hydrogen-bond donors (Lipinski definition) is 0. The Kier molecular flexibility index (Phi) is 4.85. The van der Waals surface area contributed by atoms with Crippen molar-refractivity contribution in [3.05, 3.63) is 11.3 Å². The maximum atomic E-state index is 5.47. The molecule has 0 saturated carbocycles. The number of nitrogens with zero attached hydrogens (tertiary/aromatic N) is 3. The van der Waals surface area contributed by atoms with E-state index in [9.17, 15) is 0 Å². The van der Waals surface area contributed by atoms with E-state index in [2.05, 4.69) is 72.1 Å². The lowest BCUT2D eigenvalue weighted by Gasteiger charge is -2.52. The van der Waals surface area contributed by atoms with Gasteiger partial charge in [0.2, 0.25) is 0 Å². The maximum absolute atomic E-state index is 5.47. The second-order valence-electron chi connectivity index (χ2n) is 11.4. The average Bonchev–Trinajstić information content (AvgIpc) is 2.40. The van der Waals surface area contributed by atoms with Crippen molar-refractivity contribution in [3.63, 3.8) is 0 Å². The Balaban J connectivity index is 2.10. The summed E-state index contributed by atoms with van der Waals surface area (Å²) in [7, 11) is 0. The Morgan fingerprint density at radius 2 is 1.50 bits per heavy atom. The molecule has 3 rings (SSSR count). The van der Waals surface area contributed by atoms with Gasteiger partial charge in [0.05, 0.1) is 25.3 Å². The van der Waals surface area contributed by atoms with Crippen LogP contribution >= 0.6 is 0 Å². The summed E-state index contributed by atoms with van der Waals surface area (Å²) in [6.07, 6.45) is 0. The van der Waals surface area contributed by atoms with E-state index in [-0.39, 0.29) is 22.3 Å². The zero-order valence-corrected chi connectivity index (χ0v) is 18.4. The zero-order valence-electron chi connectivity index (χ0n) is 18.4. The number of piperazine rings is 1. The number of amidine groups is 1. The largest absolute Gasteiger partial charge is 0.378 e. The molecule has 2 fully saturated rings. The van der Waals surface area contributed by atoms with Crippen LogP contribution in [0.3, 0.4) is 0 Å². The van der Waals surface area contributed by atoms with E-state index < -0.39 is 0 Å². The van der Waals surface area contributed by atoms with Gasteiger partial charge in [0.15, 0.2) is 0 Å². The third kappa shape index (κ3) is 3.60. The smallest absolute Gasteiger partial charge is 0.109 e. The Morgan fingerprint density at radius 1 is 0.885 bits per heavy atom. The first-order valence-corrected chi connectivity index (χ1v) is 10.2. The van der Waals surface area contributed by atoms with Crippen LogP contribution in [-0.2, 0) is 4.74 Å². The molecule has 0 radical (unpaired) electrons. The molecule has 0 aromatic heterocycles. The molecule has 148 valence electrons. The fourth-order valence-electron chi connectivity index (χ4n) is 4.41. The number of aliphatic imine (C=N–C) groups is 1. The van der Waals surface area contributed by atoms with Crippen LogP contribution in [0.1, 0.15) is 62.3 Å². The van der Waals surface area contributed by atoms with E-state index in [0.717, 1.165) is 32.8 Å². The molecule has 0 N–H and O–H groups in total. The molecule has 0 aromatic rings. The minimum Gasteiger partial charge on any atom is -0.378 e. The first-order chi connectivity index (χ1) is 11.8. The highest BCUT2D eigenvalue weighted by atomic mass is 16.5. The molecule has 2 saturated heterocycles. The van der Waals surface area contributed by atoms with E-state index in [1.807, 2.05) is 0 Å². The van der Waals surface area contributed by atoms with E-state index >= 15 is 0 Å². The van der Waals surface area contributed by atoms with Gasteiger partial charge in [-0.3, -0.25) is 9.89 Å². The van der Waals surface area contributed by atoms with Crippen molar-refractivity contribution in [2.45, 2.75) is 74.4 Å². The molecule has 1 atom stereocenters. The molecule has 0 aliphatic carbocycles. The van der Waals surface area contributed by atoms with Crippen molar-refractivity contribution < 1.29 is 4.74 Å². The highest BCUT2D eigenvalue weighted by molar-refractivity contribution is 5.90. The van der Waals surface area contributed by atoms with Crippen LogP contribution in [0.4, 0.5) is 0 Å². The van der Waals surface area contributed by atoms with Crippen molar-refractivity contribution in [3.8, 4) is 0 Å². The lowest BCUT2D eigenvalue weighted by Crippen LogP contribution is -2.60. The van der Waals surface area contributed by atoms with E-state index in [0.29, 0.717) is 6.04 Å². The van der Waals surface area contributed by atoms with Gasteiger partial charge in [0.25, 0.3) is 0 Å². The fraction of sp³-hybridized carbons (Fsp3) is 0.864. The van der Waals surface area contributed by atoms with E-state index in [1.165, 1.54) is 17.1 Å². The Labute approximate surface area is 160 Å². The number of ether oxygens (including phenoxy) is 1. The van der Waals surface area contributed by atoms with Gasteiger partial charge in [-0.05, 0) is 16.4 Å². The molecule has 3 heterocycles. The summed E-state index contributed by atoms with van der Waals surface area (Å²) in [5.41, 5.74) is 3.32. The highest BCUT2D eigenvalue weighted by Gasteiger charge is 2.45. The summed E-state index contributed by atoms with van der Waals surface area (Å²) in [5.74, 6) is 1.27. The van der Waals surface area contributed by atoms with Crippen molar-refractivity contribution in [2.75, 3.05) is 32.8 Å². The molecule has 4 nitrogen and oxygen atoms in total. The van der Waals surface area contributed by atoms with Crippen molar-refractivity contribution >= 4 is 5.84 Å². The first-order valence-electron chi connectivity index (χ1n) is 10.2. The van der Waals surface area contributed by atoms with Crippen LogP contribution in [0.2, 0.25) is 0 Å². The van der Waals surface area contributed by atoms with Crippen LogP contribution in [-0.4, -0.2) is 60.6 Å². The SMILES string of the molecule is CC(C)(C)C1=NC(C(C)(C)C)C(C(C)(C)C)=C2CN(C3COC3)CCN12. The number of rotatable bonds is 1. The normalized spacial score (nSPS) is 26.6. The Hall–Kier alpha value is -0.870. The summed E-state index contributed by atoms with van der Waals surface area (Å²) in [5, 5.41) is 0. The molecule has 0 spiro atoms. The first kappa shape index (κ1) is 19.9. The summed E-state index contributed by atoms with van der Waals surface area (Å²) < 4.78 is 5.47. The molecule has 26 heavy (non-hydrogen) atoms. The minimum atomic E-state index is 0.0555. The zero-order chi connectivity index (χ0) is 19.5. The van der Waals surface area contributed by atoms with Gasteiger partial charge >= 0.3 is 0 Å². The van der Waals surface area contributed by atoms with Gasteiger partial charge in [-0.1, -0.05) is 62.3 Å². The highest BCUT2D eigenvalue weighted by Crippen LogP contribution is 2.45. The lowest BCUT2D eigenvalue weighted by atomic mass is 9.70. The van der Waals surface area contributed by atoms with Gasteiger partial charge in [0.1, 0.15) is 5.84 Å². The topological polar surface area (TPSA) is 28.1 Å². The molecule has 3 aliphatic rings. The Bertz CT molecular complexity index is 609. The van der Waals surface area contributed by atoms with Crippen molar-refractivity contribution in [1.82, 2.24) is 9.80 Å². The van der Waals surface area contributed by atoms with Crippen LogP contribution < -0.4 is 0 Å². The van der Waals surface area contributed by atoms with Crippen molar-refractivity contribution in [2.24, 2.45) is 21.2 Å². The molecule has 1 unspecified atom stereocenters. The quantitative estimate of drug-likeness (QED) is 0.701. The van der Waals surface area contributed by atoms with Gasteiger partial charge in [0, 0.05) is 30.7 Å². The second-order valence-corrected chi connectivity index (χ2v) is 11.4. The fourth-order valence-corrected chi connectivity index (χ4v) is 4.41. The van der Waals surface area contributed by atoms with Crippen LogP contribution in [0, 0.1) is 16.2 Å². The second kappa shape index (κ2) is 6.34. The molecular formula is C22H39N3O. The van der Waals surface area contributed by atoms with E-state index in [1.54, 1.807) is 0 Å². The number of hydrogen-bond acceptors (Lipinski definition) is 4. The standard InChI is InChI=1S/C22H39N3O/c1-20(2,3)17-16-12-24(15-13-26-14-15)10-11-25(16)19(22(7,8)9)23-18(17)21(4,5)6/h15,18H,10-14H2,1-9H3. The summed E-state index contributed by atoms with van der Waals surface area (Å²) >= 11 is 0. The molecule has 3 aliphatic heterocycles. The van der Waals surface area contributed by atoms with E-state index in [4.69, 9.17) is 9.73 Å². The van der Waals surface area contributed by atoms with Gasteiger partial charge < -0.3 is 9.64 Å². The Morgan fingerprint density at radius 3 is 1.92 bits per heavy atom.